The SMILES string of the molecule is CCO[C@@H]1CC[C@]2(C)C3CC[C@@]4(C)C(CC[C@@H]4[C@H](C)CCC(=O)NCCC(=O)OC)[C@@H]3[C@H](OCC)C[C@@H]2C1. The Morgan fingerprint density at radius 2 is 1.63 bits per heavy atom. The molecule has 0 aromatic rings. The van der Waals surface area contributed by atoms with Crippen LogP contribution in [0, 0.1) is 46.3 Å². The van der Waals surface area contributed by atoms with Gasteiger partial charge in [-0.25, -0.2) is 0 Å². The van der Waals surface area contributed by atoms with Gasteiger partial charge in [-0.1, -0.05) is 20.8 Å². The third-order valence-electron chi connectivity index (χ3n) is 11.9. The lowest BCUT2D eigenvalue weighted by atomic mass is 9.43. The molecule has 38 heavy (non-hydrogen) atoms. The Morgan fingerprint density at radius 1 is 0.921 bits per heavy atom. The Bertz CT molecular complexity index is 818. The van der Waals surface area contributed by atoms with E-state index in [1.807, 2.05) is 0 Å². The number of hydrogen-bond acceptors (Lipinski definition) is 5. The summed E-state index contributed by atoms with van der Waals surface area (Å²) in [6, 6.07) is 0. The van der Waals surface area contributed by atoms with E-state index in [0.717, 1.165) is 31.5 Å². The zero-order valence-electron chi connectivity index (χ0n) is 25.1. The number of esters is 1. The van der Waals surface area contributed by atoms with E-state index in [1.54, 1.807) is 0 Å². The average Bonchev–Trinajstić information content (AvgIpc) is 3.25. The molecule has 0 spiro atoms. The van der Waals surface area contributed by atoms with Gasteiger partial charge in [0.1, 0.15) is 0 Å². The third kappa shape index (κ3) is 5.82. The van der Waals surface area contributed by atoms with E-state index in [2.05, 4.69) is 44.7 Å². The second-order valence-electron chi connectivity index (χ2n) is 13.5. The zero-order chi connectivity index (χ0) is 27.5. The van der Waals surface area contributed by atoms with Gasteiger partial charge in [0, 0.05) is 26.2 Å². The second-order valence-corrected chi connectivity index (χ2v) is 13.5. The lowest BCUT2D eigenvalue weighted by molar-refractivity contribution is -0.190. The second kappa shape index (κ2) is 12.6. The van der Waals surface area contributed by atoms with Crippen molar-refractivity contribution in [3.8, 4) is 0 Å². The predicted molar refractivity (Wildman–Crippen MR) is 149 cm³/mol. The summed E-state index contributed by atoms with van der Waals surface area (Å²) in [5, 5.41) is 2.89. The van der Waals surface area contributed by atoms with Crippen molar-refractivity contribution in [3.63, 3.8) is 0 Å². The van der Waals surface area contributed by atoms with Crippen molar-refractivity contribution < 1.29 is 23.8 Å². The van der Waals surface area contributed by atoms with Crippen LogP contribution < -0.4 is 5.32 Å². The molecule has 10 atom stereocenters. The molecule has 4 aliphatic carbocycles. The van der Waals surface area contributed by atoms with E-state index in [-0.39, 0.29) is 18.3 Å². The van der Waals surface area contributed by atoms with Gasteiger partial charge in [0.15, 0.2) is 0 Å². The van der Waals surface area contributed by atoms with Gasteiger partial charge in [-0.3, -0.25) is 9.59 Å². The van der Waals surface area contributed by atoms with E-state index < -0.39 is 0 Å². The van der Waals surface area contributed by atoms with Gasteiger partial charge in [0.05, 0.1) is 25.7 Å². The monoisotopic (exact) mass is 533 g/mol. The number of carbonyl (C=O) groups is 2. The third-order valence-corrected chi connectivity index (χ3v) is 11.9. The minimum atomic E-state index is -0.283. The van der Waals surface area contributed by atoms with Crippen LogP contribution in [0.5, 0.6) is 0 Å². The fourth-order valence-electron chi connectivity index (χ4n) is 9.96. The summed E-state index contributed by atoms with van der Waals surface area (Å²) in [5.74, 6) is 3.81. The number of ether oxygens (including phenoxy) is 3. The number of methoxy groups -OCH3 is 1. The topological polar surface area (TPSA) is 73.9 Å². The molecule has 6 heteroatoms. The molecule has 2 unspecified atom stereocenters. The first-order valence-corrected chi connectivity index (χ1v) is 15.7. The van der Waals surface area contributed by atoms with Gasteiger partial charge in [-0.2, -0.15) is 0 Å². The Kier molecular flexibility index (Phi) is 9.88. The lowest BCUT2D eigenvalue weighted by Crippen LogP contribution is -2.59. The fraction of sp³-hybridized carbons (Fsp3) is 0.938. The largest absolute Gasteiger partial charge is 0.469 e. The minimum absolute atomic E-state index is 0.0504. The van der Waals surface area contributed by atoms with Crippen LogP contribution in [0.15, 0.2) is 0 Å². The Hall–Kier alpha value is -1.14. The number of amides is 1. The highest BCUT2D eigenvalue weighted by Gasteiger charge is 2.63. The molecule has 218 valence electrons. The van der Waals surface area contributed by atoms with Crippen LogP contribution in [0.1, 0.15) is 105 Å². The summed E-state index contributed by atoms with van der Waals surface area (Å²) in [4.78, 5) is 23.8. The van der Waals surface area contributed by atoms with Crippen molar-refractivity contribution in [3.05, 3.63) is 0 Å². The quantitative estimate of drug-likeness (QED) is 0.322. The van der Waals surface area contributed by atoms with Crippen LogP contribution in [-0.2, 0) is 23.8 Å². The lowest BCUT2D eigenvalue weighted by Gasteiger charge is -2.63. The van der Waals surface area contributed by atoms with E-state index in [0.29, 0.717) is 59.7 Å². The van der Waals surface area contributed by atoms with Crippen LogP contribution in [-0.4, -0.2) is 51.0 Å². The van der Waals surface area contributed by atoms with Crippen LogP contribution in [0.25, 0.3) is 0 Å². The van der Waals surface area contributed by atoms with Crippen LogP contribution in [0.2, 0.25) is 0 Å². The Balaban J connectivity index is 1.42. The molecule has 0 aromatic carbocycles. The van der Waals surface area contributed by atoms with Crippen molar-refractivity contribution in [2.24, 2.45) is 46.3 Å². The van der Waals surface area contributed by atoms with Crippen LogP contribution >= 0.6 is 0 Å². The van der Waals surface area contributed by atoms with Crippen molar-refractivity contribution in [1.82, 2.24) is 5.32 Å². The maximum Gasteiger partial charge on any atom is 0.307 e. The number of carbonyl (C=O) groups excluding carboxylic acids is 2. The minimum Gasteiger partial charge on any atom is -0.469 e. The van der Waals surface area contributed by atoms with Crippen molar-refractivity contribution in [2.45, 2.75) is 117 Å². The van der Waals surface area contributed by atoms with Crippen LogP contribution in [0.3, 0.4) is 0 Å². The Morgan fingerprint density at radius 3 is 2.34 bits per heavy atom. The summed E-state index contributed by atoms with van der Waals surface area (Å²) in [7, 11) is 1.38. The maximum absolute atomic E-state index is 12.4. The first-order valence-electron chi connectivity index (χ1n) is 15.7. The number of fused-ring (bicyclic) bond motifs is 5. The van der Waals surface area contributed by atoms with Crippen LogP contribution in [0.4, 0.5) is 0 Å². The highest BCUT2D eigenvalue weighted by molar-refractivity contribution is 5.77. The normalized spacial score (nSPS) is 40.9. The van der Waals surface area contributed by atoms with Crippen molar-refractivity contribution in [2.75, 3.05) is 26.9 Å². The molecule has 0 heterocycles. The van der Waals surface area contributed by atoms with Crippen molar-refractivity contribution in [1.29, 1.82) is 0 Å². The van der Waals surface area contributed by atoms with Gasteiger partial charge < -0.3 is 19.5 Å². The molecule has 1 N–H and O–H groups in total. The number of nitrogens with one attached hydrogen (secondary N) is 1. The summed E-state index contributed by atoms with van der Waals surface area (Å²) in [6.45, 7) is 13.9. The predicted octanol–water partition coefficient (Wildman–Crippen LogP) is 6.16. The summed E-state index contributed by atoms with van der Waals surface area (Å²) in [5.41, 5.74) is 0.752. The molecular weight excluding hydrogens is 478 g/mol. The molecule has 4 fully saturated rings. The van der Waals surface area contributed by atoms with Gasteiger partial charge in [-0.15, -0.1) is 0 Å². The molecule has 0 radical (unpaired) electrons. The Labute approximate surface area is 231 Å². The van der Waals surface area contributed by atoms with E-state index in [4.69, 9.17) is 9.47 Å². The van der Waals surface area contributed by atoms with E-state index in [1.165, 1.54) is 58.5 Å². The van der Waals surface area contributed by atoms with Gasteiger partial charge in [0.2, 0.25) is 5.91 Å². The van der Waals surface area contributed by atoms with E-state index >= 15 is 0 Å². The summed E-state index contributed by atoms with van der Waals surface area (Å²) < 4.78 is 17.4. The molecule has 6 nitrogen and oxygen atoms in total. The fourth-order valence-corrected chi connectivity index (χ4v) is 9.96. The molecule has 0 aromatic heterocycles. The highest BCUT2D eigenvalue weighted by Crippen LogP contribution is 2.68. The molecule has 4 rings (SSSR count). The van der Waals surface area contributed by atoms with Crippen molar-refractivity contribution >= 4 is 11.9 Å². The standard InChI is InChI=1S/C32H55NO5/c1-7-37-23-13-16-31(4)22(19-23)20-27(38-8-2)30-25-11-10-24(32(25,5)17-14-26(30)31)21(3)9-12-28(34)33-18-15-29(35)36-6/h21-27,30H,7-20H2,1-6H3,(H,33,34)/t21-,22+,23-,24-,25?,26?,27-,30+,31+,32-/m1/s1. The van der Waals surface area contributed by atoms with Gasteiger partial charge in [0.25, 0.3) is 0 Å². The number of hydrogen-bond donors (Lipinski definition) is 1. The van der Waals surface area contributed by atoms with Gasteiger partial charge >= 0.3 is 5.97 Å². The number of rotatable bonds is 11. The summed E-state index contributed by atoms with van der Waals surface area (Å²) in [6.07, 6.45) is 12.6. The molecule has 0 saturated heterocycles. The average molecular weight is 534 g/mol. The smallest absolute Gasteiger partial charge is 0.307 e. The summed E-state index contributed by atoms with van der Waals surface area (Å²) >= 11 is 0. The molecule has 4 saturated carbocycles. The first kappa shape index (κ1) is 29.8. The van der Waals surface area contributed by atoms with E-state index in [9.17, 15) is 9.59 Å². The highest BCUT2D eigenvalue weighted by atomic mass is 16.5. The maximum atomic E-state index is 12.4. The molecular formula is C32H55NO5. The molecule has 0 bridgehead atoms. The van der Waals surface area contributed by atoms with Gasteiger partial charge in [-0.05, 0) is 118 Å². The molecule has 4 aliphatic rings. The zero-order valence-corrected chi connectivity index (χ0v) is 25.1. The first-order chi connectivity index (χ1) is 18.2. The molecule has 0 aliphatic heterocycles. The molecule has 1 amide bonds.